The fourth-order valence-corrected chi connectivity index (χ4v) is 4.00. The average Bonchev–Trinajstić information content (AvgIpc) is 2.90. The van der Waals surface area contributed by atoms with E-state index in [2.05, 4.69) is 89.6 Å². The molecule has 0 amide bonds. The van der Waals surface area contributed by atoms with Crippen LogP contribution in [0.2, 0.25) is 0 Å². The van der Waals surface area contributed by atoms with Gasteiger partial charge >= 0.3 is 0 Å². The van der Waals surface area contributed by atoms with Gasteiger partial charge in [-0.25, -0.2) is 0 Å². The Morgan fingerprint density at radius 3 is 2.57 bits per heavy atom. The van der Waals surface area contributed by atoms with E-state index in [0.717, 1.165) is 0 Å². The molecule has 0 bridgehead atoms. The first-order valence-corrected chi connectivity index (χ1v) is 7.99. The topological polar surface area (TPSA) is 0 Å². The van der Waals surface area contributed by atoms with Crippen LogP contribution in [0.1, 0.15) is 28.2 Å². The van der Waals surface area contributed by atoms with Crippen molar-refractivity contribution >= 4 is 32.8 Å². The molecule has 0 spiro atoms. The normalized spacial score (nSPS) is 16.4. The van der Waals surface area contributed by atoms with E-state index in [0.29, 0.717) is 5.92 Å². The SMILES string of the molecule is Cc1cc(Br)c2cccc(C3C=Cc4ccccc43)c2c1. The van der Waals surface area contributed by atoms with Crippen molar-refractivity contribution in [2.45, 2.75) is 12.8 Å². The summed E-state index contributed by atoms with van der Waals surface area (Å²) in [6.45, 7) is 2.15. The van der Waals surface area contributed by atoms with Gasteiger partial charge in [0.1, 0.15) is 0 Å². The van der Waals surface area contributed by atoms with E-state index in [1.54, 1.807) is 0 Å². The van der Waals surface area contributed by atoms with Crippen molar-refractivity contribution < 1.29 is 0 Å². The van der Waals surface area contributed by atoms with E-state index in [1.807, 2.05) is 0 Å². The molecule has 1 atom stereocenters. The number of halogens is 1. The summed E-state index contributed by atoms with van der Waals surface area (Å²) < 4.78 is 1.18. The summed E-state index contributed by atoms with van der Waals surface area (Å²) in [6, 6.07) is 19.8. The summed E-state index contributed by atoms with van der Waals surface area (Å²) in [5.41, 5.74) is 5.42. The van der Waals surface area contributed by atoms with Crippen molar-refractivity contribution in [1.82, 2.24) is 0 Å². The van der Waals surface area contributed by atoms with Crippen LogP contribution in [0.15, 0.2) is 65.1 Å². The van der Waals surface area contributed by atoms with E-state index in [-0.39, 0.29) is 0 Å². The van der Waals surface area contributed by atoms with E-state index in [4.69, 9.17) is 0 Å². The Balaban J connectivity index is 1.99. The van der Waals surface area contributed by atoms with Gasteiger partial charge in [0, 0.05) is 10.4 Å². The Labute approximate surface area is 133 Å². The maximum Gasteiger partial charge on any atom is 0.0284 e. The van der Waals surface area contributed by atoms with Gasteiger partial charge in [0.15, 0.2) is 0 Å². The minimum absolute atomic E-state index is 0.360. The minimum atomic E-state index is 0.360. The molecule has 3 aromatic rings. The smallest absolute Gasteiger partial charge is 0.0284 e. The number of fused-ring (bicyclic) bond motifs is 2. The first-order valence-electron chi connectivity index (χ1n) is 7.20. The quantitative estimate of drug-likeness (QED) is 0.506. The third kappa shape index (κ3) is 2.04. The Kier molecular flexibility index (Phi) is 2.97. The van der Waals surface area contributed by atoms with Crippen molar-refractivity contribution in [3.8, 4) is 0 Å². The van der Waals surface area contributed by atoms with E-state index in [1.165, 1.54) is 37.5 Å². The largest absolute Gasteiger partial charge is 0.0720 e. The second-order valence-corrected chi connectivity index (χ2v) is 6.51. The number of hydrogen-bond acceptors (Lipinski definition) is 0. The molecule has 0 aliphatic heterocycles. The summed E-state index contributed by atoms with van der Waals surface area (Å²) >= 11 is 3.70. The molecule has 0 aromatic heterocycles. The maximum absolute atomic E-state index is 3.70. The van der Waals surface area contributed by atoms with Crippen LogP contribution in [0, 0.1) is 6.92 Å². The number of benzene rings is 3. The minimum Gasteiger partial charge on any atom is -0.0720 e. The number of allylic oxidation sites excluding steroid dienone is 1. The van der Waals surface area contributed by atoms with Crippen LogP contribution in [-0.2, 0) is 0 Å². The molecule has 0 saturated carbocycles. The van der Waals surface area contributed by atoms with E-state index >= 15 is 0 Å². The van der Waals surface area contributed by atoms with Crippen molar-refractivity contribution in [2.75, 3.05) is 0 Å². The number of hydrogen-bond donors (Lipinski definition) is 0. The van der Waals surface area contributed by atoms with Gasteiger partial charge in [0.2, 0.25) is 0 Å². The van der Waals surface area contributed by atoms with Crippen LogP contribution in [0.4, 0.5) is 0 Å². The second kappa shape index (κ2) is 4.85. The molecular weight excluding hydrogens is 320 g/mol. The fourth-order valence-electron chi connectivity index (χ4n) is 3.29. The van der Waals surface area contributed by atoms with Gasteiger partial charge < -0.3 is 0 Å². The average molecular weight is 335 g/mol. The molecule has 1 unspecified atom stereocenters. The number of rotatable bonds is 1. The molecule has 4 rings (SSSR count). The number of aryl methyl sites for hydroxylation is 1. The van der Waals surface area contributed by atoms with E-state index in [9.17, 15) is 0 Å². The molecule has 21 heavy (non-hydrogen) atoms. The van der Waals surface area contributed by atoms with Crippen LogP contribution in [0.5, 0.6) is 0 Å². The van der Waals surface area contributed by atoms with Crippen LogP contribution in [0.3, 0.4) is 0 Å². The molecule has 1 heteroatoms. The van der Waals surface area contributed by atoms with Crippen LogP contribution in [-0.4, -0.2) is 0 Å². The first kappa shape index (κ1) is 12.8. The zero-order chi connectivity index (χ0) is 14.4. The van der Waals surface area contributed by atoms with Gasteiger partial charge in [-0.05, 0) is 46.0 Å². The molecule has 0 fully saturated rings. The Bertz CT molecular complexity index is 874. The van der Waals surface area contributed by atoms with Crippen molar-refractivity contribution in [2.24, 2.45) is 0 Å². The molecule has 3 aromatic carbocycles. The summed E-state index contributed by atoms with van der Waals surface area (Å²) in [5.74, 6) is 0.360. The lowest BCUT2D eigenvalue weighted by molar-refractivity contribution is 1.06. The van der Waals surface area contributed by atoms with Gasteiger partial charge in [-0.3, -0.25) is 0 Å². The molecule has 0 N–H and O–H groups in total. The monoisotopic (exact) mass is 334 g/mol. The molecular formula is C20H15Br. The van der Waals surface area contributed by atoms with Crippen LogP contribution >= 0.6 is 15.9 Å². The molecule has 1 aliphatic rings. The maximum atomic E-state index is 3.70. The van der Waals surface area contributed by atoms with E-state index < -0.39 is 0 Å². The fraction of sp³-hybridized carbons (Fsp3) is 0.100. The predicted molar refractivity (Wildman–Crippen MR) is 93.7 cm³/mol. The standard InChI is InChI=1S/C20H15Br/c1-13-11-19-16(7-4-8-18(19)20(21)12-13)17-10-9-14-5-2-3-6-15(14)17/h2-12,17H,1H3. The third-order valence-corrected chi connectivity index (χ3v) is 4.91. The van der Waals surface area contributed by atoms with Gasteiger partial charge in [-0.2, -0.15) is 0 Å². The van der Waals surface area contributed by atoms with Crippen molar-refractivity contribution in [3.05, 3.63) is 87.4 Å². The second-order valence-electron chi connectivity index (χ2n) is 5.65. The van der Waals surface area contributed by atoms with Crippen molar-refractivity contribution in [1.29, 1.82) is 0 Å². The van der Waals surface area contributed by atoms with Gasteiger partial charge in [0.25, 0.3) is 0 Å². The summed E-state index contributed by atoms with van der Waals surface area (Å²) in [4.78, 5) is 0. The van der Waals surface area contributed by atoms with Crippen molar-refractivity contribution in [3.63, 3.8) is 0 Å². The van der Waals surface area contributed by atoms with Gasteiger partial charge in [-0.1, -0.05) is 76.6 Å². The lowest BCUT2D eigenvalue weighted by Crippen LogP contribution is -1.97. The first-order chi connectivity index (χ1) is 10.2. The summed E-state index contributed by atoms with van der Waals surface area (Å²) in [5, 5.41) is 2.63. The molecule has 0 saturated heterocycles. The molecule has 0 nitrogen and oxygen atoms in total. The van der Waals surface area contributed by atoms with Gasteiger partial charge in [0.05, 0.1) is 0 Å². The highest BCUT2D eigenvalue weighted by Crippen LogP contribution is 2.39. The highest BCUT2D eigenvalue weighted by molar-refractivity contribution is 9.10. The highest BCUT2D eigenvalue weighted by atomic mass is 79.9. The Morgan fingerprint density at radius 2 is 1.67 bits per heavy atom. The molecule has 0 heterocycles. The Hall–Kier alpha value is -1.86. The molecule has 102 valence electrons. The lowest BCUT2D eigenvalue weighted by Gasteiger charge is -2.15. The predicted octanol–water partition coefficient (Wildman–Crippen LogP) is 6.07. The lowest BCUT2D eigenvalue weighted by atomic mass is 9.89. The summed E-state index contributed by atoms with van der Waals surface area (Å²) in [6.07, 6.45) is 4.55. The third-order valence-electron chi connectivity index (χ3n) is 4.26. The van der Waals surface area contributed by atoms with Crippen LogP contribution in [0.25, 0.3) is 16.8 Å². The zero-order valence-electron chi connectivity index (χ0n) is 11.8. The highest BCUT2D eigenvalue weighted by Gasteiger charge is 2.20. The van der Waals surface area contributed by atoms with Crippen LogP contribution < -0.4 is 0 Å². The summed E-state index contributed by atoms with van der Waals surface area (Å²) in [7, 11) is 0. The Morgan fingerprint density at radius 1 is 0.857 bits per heavy atom. The van der Waals surface area contributed by atoms with Gasteiger partial charge in [-0.15, -0.1) is 0 Å². The molecule has 0 radical (unpaired) electrons. The molecule has 1 aliphatic carbocycles. The zero-order valence-corrected chi connectivity index (χ0v) is 13.4.